The number of anilines is 1. The van der Waals surface area contributed by atoms with Crippen molar-refractivity contribution in [1.82, 2.24) is 4.72 Å². The average molecular weight is 298 g/mol. The van der Waals surface area contributed by atoms with Crippen molar-refractivity contribution in [3.8, 4) is 0 Å². The zero-order valence-corrected chi connectivity index (χ0v) is 12.8. The van der Waals surface area contributed by atoms with Gasteiger partial charge in [-0.05, 0) is 38.3 Å². The third-order valence-corrected chi connectivity index (χ3v) is 5.29. The number of sulfonamides is 1. The lowest BCUT2D eigenvalue weighted by Crippen LogP contribution is -2.49. The second-order valence-corrected chi connectivity index (χ2v) is 6.83. The Morgan fingerprint density at radius 1 is 1.30 bits per heavy atom. The van der Waals surface area contributed by atoms with Crippen LogP contribution in [0.5, 0.6) is 0 Å². The molecule has 0 heterocycles. The fourth-order valence-electron chi connectivity index (χ4n) is 2.37. The first kappa shape index (κ1) is 15.3. The van der Waals surface area contributed by atoms with E-state index in [2.05, 4.69) is 10.0 Å². The molecule has 0 bridgehead atoms. The molecule has 5 nitrogen and oxygen atoms in total. The number of ether oxygens (including phenoxy) is 1. The first-order valence-electron chi connectivity index (χ1n) is 6.91. The Balaban J connectivity index is 2.14. The Bertz CT molecular complexity index is 548. The quantitative estimate of drug-likeness (QED) is 0.807. The summed E-state index contributed by atoms with van der Waals surface area (Å²) >= 11 is 0. The third kappa shape index (κ3) is 3.13. The Morgan fingerprint density at radius 2 is 2.00 bits per heavy atom. The summed E-state index contributed by atoms with van der Waals surface area (Å²) in [6.07, 6.45) is 2.89. The number of hydrogen-bond donors (Lipinski definition) is 2. The lowest BCUT2D eigenvalue weighted by atomic mass is 9.80. The van der Waals surface area contributed by atoms with Crippen molar-refractivity contribution < 1.29 is 13.2 Å². The summed E-state index contributed by atoms with van der Waals surface area (Å²) in [7, 11) is -1.89. The van der Waals surface area contributed by atoms with Gasteiger partial charge in [-0.2, -0.15) is 0 Å². The fraction of sp³-hybridized carbons (Fsp3) is 0.571. The van der Waals surface area contributed by atoms with E-state index in [1.165, 1.54) is 0 Å². The van der Waals surface area contributed by atoms with Gasteiger partial charge in [0.2, 0.25) is 10.0 Å². The van der Waals surface area contributed by atoms with Crippen LogP contribution in [0.2, 0.25) is 0 Å². The van der Waals surface area contributed by atoms with Crippen LogP contribution in [0.3, 0.4) is 0 Å². The monoisotopic (exact) mass is 298 g/mol. The maximum atomic E-state index is 12.4. The smallest absolute Gasteiger partial charge is 0.242 e. The lowest BCUT2D eigenvalue weighted by molar-refractivity contribution is -0.0659. The molecule has 20 heavy (non-hydrogen) atoms. The van der Waals surface area contributed by atoms with Crippen LogP contribution in [0.4, 0.5) is 5.69 Å². The Kier molecular flexibility index (Phi) is 4.67. The van der Waals surface area contributed by atoms with Crippen molar-refractivity contribution in [3.05, 3.63) is 24.3 Å². The number of methoxy groups -OCH3 is 1. The summed E-state index contributed by atoms with van der Waals surface area (Å²) in [4.78, 5) is 0.285. The Morgan fingerprint density at radius 3 is 2.55 bits per heavy atom. The van der Waals surface area contributed by atoms with Gasteiger partial charge >= 0.3 is 0 Å². The van der Waals surface area contributed by atoms with E-state index in [9.17, 15) is 8.42 Å². The molecule has 0 spiro atoms. The molecule has 6 heteroatoms. The lowest BCUT2D eigenvalue weighted by Gasteiger charge is -2.40. The molecule has 2 N–H and O–H groups in total. The highest BCUT2D eigenvalue weighted by Gasteiger charge is 2.38. The topological polar surface area (TPSA) is 67.4 Å². The fourth-order valence-corrected chi connectivity index (χ4v) is 3.66. The van der Waals surface area contributed by atoms with Crippen LogP contribution in [0.25, 0.3) is 0 Å². The van der Waals surface area contributed by atoms with Gasteiger partial charge in [-0.15, -0.1) is 0 Å². The van der Waals surface area contributed by atoms with E-state index in [4.69, 9.17) is 4.74 Å². The van der Waals surface area contributed by atoms with Crippen molar-refractivity contribution >= 4 is 15.7 Å². The molecule has 1 aromatic rings. The second kappa shape index (κ2) is 6.11. The molecule has 1 fully saturated rings. The number of rotatable bonds is 7. The van der Waals surface area contributed by atoms with E-state index in [1.807, 2.05) is 13.0 Å². The van der Waals surface area contributed by atoms with Crippen LogP contribution in [0, 0.1) is 0 Å². The van der Waals surface area contributed by atoms with E-state index in [0.717, 1.165) is 19.3 Å². The molecule has 2 rings (SSSR count). The van der Waals surface area contributed by atoms with Crippen molar-refractivity contribution in [3.63, 3.8) is 0 Å². The highest BCUT2D eigenvalue weighted by molar-refractivity contribution is 7.89. The molecule has 0 unspecified atom stereocenters. The molecular formula is C14H22N2O3S. The molecule has 0 atom stereocenters. The zero-order chi connectivity index (χ0) is 14.6. The van der Waals surface area contributed by atoms with Gasteiger partial charge in [0.05, 0.1) is 11.3 Å². The number of nitrogens with one attached hydrogen (secondary N) is 2. The van der Waals surface area contributed by atoms with Gasteiger partial charge in [0.25, 0.3) is 0 Å². The molecule has 0 saturated heterocycles. The van der Waals surface area contributed by atoms with Crippen LogP contribution in [0.15, 0.2) is 29.2 Å². The first-order valence-corrected chi connectivity index (χ1v) is 8.39. The van der Waals surface area contributed by atoms with Crippen LogP contribution < -0.4 is 10.0 Å². The van der Waals surface area contributed by atoms with Gasteiger partial charge in [-0.3, -0.25) is 0 Å². The van der Waals surface area contributed by atoms with Gasteiger partial charge in [0.15, 0.2) is 0 Å². The highest BCUT2D eigenvalue weighted by Crippen LogP contribution is 2.34. The summed E-state index contributed by atoms with van der Waals surface area (Å²) in [6, 6.07) is 6.93. The predicted molar refractivity (Wildman–Crippen MR) is 79.4 cm³/mol. The summed E-state index contributed by atoms with van der Waals surface area (Å²) in [6.45, 7) is 2.94. The third-order valence-electron chi connectivity index (χ3n) is 3.83. The van der Waals surface area contributed by atoms with Crippen LogP contribution in [0.1, 0.15) is 26.2 Å². The van der Waals surface area contributed by atoms with E-state index in [0.29, 0.717) is 18.8 Å². The van der Waals surface area contributed by atoms with Crippen LogP contribution >= 0.6 is 0 Å². The van der Waals surface area contributed by atoms with Crippen LogP contribution in [-0.4, -0.2) is 34.2 Å². The molecule has 0 amide bonds. The highest BCUT2D eigenvalue weighted by atomic mass is 32.2. The van der Waals surface area contributed by atoms with E-state index in [1.54, 1.807) is 25.3 Å². The number of hydrogen-bond acceptors (Lipinski definition) is 4. The van der Waals surface area contributed by atoms with Gasteiger partial charge in [0.1, 0.15) is 4.90 Å². The molecule has 1 aromatic carbocycles. The summed E-state index contributed by atoms with van der Waals surface area (Å²) in [5, 5.41) is 3.07. The molecule has 112 valence electrons. The predicted octanol–water partition coefficient (Wildman–Crippen LogP) is 1.97. The molecular weight excluding hydrogens is 276 g/mol. The Hall–Kier alpha value is -1.11. The largest absolute Gasteiger partial charge is 0.384 e. The standard InChI is InChI=1S/C14H22N2O3S/c1-3-15-12-7-4-5-8-13(12)20(17,18)16-11-14(19-2)9-6-10-14/h4-5,7-8,15-16H,3,6,9-11H2,1-2H3. The summed E-state index contributed by atoms with van der Waals surface area (Å²) in [5.74, 6) is 0. The maximum absolute atomic E-state index is 12.4. The van der Waals surface area contributed by atoms with Gasteiger partial charge in [-0.1, -0.05) is 12.1 Å². The summed E-state index contributed by atoms with van der Waals surface area (Å²) < 4.78 is 33.0. The van der Waals surface area contributed by atoms with E-state index < -0.39 is 10.0 Å². The second-order valence-electron chi connectivity index (χ2n) is 5.09. The zero-order valence-electron chi connectivity index (χ0n) is 12.0. The van der Waals surface area contributed by atoms with Crippen molar-refractivity contribution in [1.29, 1.82) is 0 Å². The van der Waals surface area contributed by atoms with E-state index in [-0.39, 0.29) is 10.5 Å². The molecule has 0 aliphatic heterocycles. The van der Waals surface area contributed by atoms with Crippen molar-refractivity contribution in [2.75, 3.05) is 25.5 Å². The molecule has 1 aliphatic carbocycles. The maximum Gasteiger partial charge on any atom is 0.242 e. The number of para-hydroxylation sites is 1. The Labute approximate surface area is 120 Å². The molecule has 0 aromatic heterocycles. The molecule has 1 aliphatic rings. The normalized spacial score (nSPS) is 17.5. The number of benzene rings is 1. The molecule has 1 saturated carbocycles. The van der Waals surface area contributed by atoms with Crippen molar-refractivity contribution in [2.24, 2.45) is 0 Å². The average Bonchev–Trinajstić information content (AvgIpc) is 2.39. The van der Waals surface area contributed by atoms with Gasteiger partial charge < -0.3 is 10.1 Å². The molecule has 0 radical (unpaired) electrons. The first-order chi connectivity index (χ1) is 9.53. The minimum absolute atomic E-state index is 0.285. The van der Waals surface area contributed by atoms with E-state index >= 15 is 0 Å². The minimum Gasteiger partial charge on any atom is -0.384 e. The van der Waals surface area contributed by atoms with Gasteiger partial charge in [-0.25, -0.2) is 13.1 Å². The van der Waals surface area contributed by atoms with Crippen molar-refractivity contribution in [2.45, 2.75) is 36.7 Å². The van der Waals surface area contributed by atoms with Crippen LogP contribution in [-0.2, 0) is 14.8 Å². The SMILES string of the molecule is CCNc1ccccc1S(=O)(=O)NCC1(OC)CCC1. The summed E-state index contributed by atoms with van der Waals surface area (Å²) in [5.41, 5.74) is 0.308. The minimum atomic E-state index is -3.53. The van der Waals surface area contributed by atoms with Gasteiger partial charge in [0, 0.05) is 20.2 Å².